The topological polar surface area (TPSA) is 96.3 Å². The Balaban J connectivity index is 1.81. The van der Waals surface area contributed by atoms with Gasteiger partial charge in [0.15, 0.2) is 0 Å². The molecule has 7 nitrogen and oxygen atoms in total. The van der Waals surface area contributed by atoms with E-state index in [2.05, 4.69) is 0 Å². The van der Waals surface area contributed by atoms with Crippen LogP contribution in [0.5, 0.6) is 5.75 Å². The molecule has 0 saturated heterocycles. The molecule has 0 aliphatic heterocycles. The number of rotatable bonds is 14. The fraction of sp³-hybridized carbons (Fsp3) is 0.391. The molecule has 0 heterocycles. The SMILES string of the molecule is CN(CCO)c1ccc(/C=C/C(CCO)CCCOS(=O)(=O)Oc2ccccc2)cc1. The second-order valence-corrected chi connectivity index (χ2v) is 8.36. The van der Waals surface area contributed by atoms with E-state index in [4.69, 9.17) is 13.5 Å². The van der Waals surface area contributed by atoms with Crippen molar-refractivity contribution in [3.63, 3.8) is 0 Å². The molecule has 0 radical (unpaired) electrons. The molecule has 2 aromatic carbocycles. The molecule has 8 heteroatoms. The highest BCUT2D eigenvalue weighted by Crippen LogP contribution is 2.19. The number of benzene rings is 2. The van der Waals surface area contributed by atoms with E-state index in [1.165, 1.54) is 0 Å². The summed E-state index contributed by atoms with van der Waals surface area (Å²) in [4.78, 5) is 1.97. The van der Waals surface area contributed by atoms with Crippen molar-refractivity contribution in [3.8, 4) is 5.75 Å². The highest BCUT2D eigenvalue weighted by Gasteiger charge is 2.14. The zero-order chi connectivity index (χ0) is 22.5. The lowest BCUT2D eigenvalue weighted by molar-refractivity contribution is 0.244. The third kappa shape index (κ3) is 9.52. The maximum absolute atomic E-state index is 11.9. The maximum Gasteiger partial charge on any atom is 0.449 e. The Bertz CT molecular complexity index is 884. The third-order valence-corrected chi connectivity index (χ3v) is 5.57. The van der Waals surface area contributed by atoms with Gasteiger partial charge in [0, 0.05) is 25.9 Å². The maximum atomic E-state index is 11.9. The van der Waals surface area contributed by atoms with Gasteiger partial charge in [-0.25, -0.2) is 4.18 Å². The first-order chi connectivity index (χ1) is 14.9. The normalized spacial score (nSPS) is 12.7. The zero-order valence-electron chi connectivity index (χ0n) is 17.8. The van der Waals surface area contributed by atoms with E-state index in [9.17, 15) is 13.5 Å². The average Bonchev–Trinajstić information content (AvgIpc) is 2.76. The van der Waals surface area contributed by atoms with Gasteiger partial charge in [-0.1, -0.05) is 42.5 Å². The Labute approximate surface area is 184 Å². The van der Waals surface area contributed by atoms with E-state index < -0.39 is 10.4 Å². The number of aliphatic hydroxyl groups excluding tert-OH is 2. The van der Waals surface area contributed by atoms with Crippen LogP contribution < -0.4 is 9.08 Å². The monoisotopic (exact) mass is 449 g/mol. The molecule has 0 spiro atoms. The number of anilines is 1. The largest absolute Gasteiger partial charge is 0.449 e. The van der Waals surface area contributed by atoms with Crippen molar-refractivity contribution in [1.29, 1.82) is 0 Å². The first-order valence-electron chi connectivity index (χ1n) is 10.3. The van der Waals surface area contributed by atoms with Crippen molar-refractivity contribution in [2.24, 2.45) is 5.92 Å². The summed E-state index contributed by atoms with van der Waals surface area (Å²) >= 11 is 0. The Kier molecular flexibility index (Phi) is 10.5. The van der Waals surface area contributed by atoms with Crippen molar-refractivity contribution < 1.29 is 27.0 Å². The predicted molar refractivity (Wildman–Crippen MR) is 122 cm³/mol. The van der Waals surface area contributed by atoms with Crippen LogP contribution in [0, 0.1) is 5.92 Å². The second kappa shape index (κ2) is 13.1. The molecule has 0 aliphatic carbocycles. The number of nitrogens with zero attached hydrogens (tertiary/aromatic N) is 1. The quantitative estimate of drug-likeness (QED) is 0.427. The Morgan fingerprint density at radius 1 is 1.00 bits per heavy atom. The summed E-state index contributed by atoms with van der Waals surface area (Å²) in [6.45, 7) is 0.735. The average molecular weight is 450 g/mol. The minimum Gasteiger partial charge on any atom is -0.396 e. The van der Waals surface area contributed by atoms with Gasteiger partial charge in [0.1, 0.15) is 5.75 Å². The minimum absolute atomic E-state index is 0.0107. The number of hydrogen-bond donors (Lipinski definition) is 2. The summed E-state index contributed by atoms with van der Waals surface area (Å²) in [6.07, 6.45) is 5.79. The van der Waals surface area contributed by atoms with Crippen LogP contribution in [0.3, 0.4) is 0 Å². The van der Waals surface area contributed by atoms with Gasteiger partial charge in [-0.05, 0) is 55.0 Å². The first kappa shape index (κ1) is 24.9. The van der Waals surface area contributed by atoms with Gasteiger partial charge in [-0.15, -0.1) is 0 Å². The lowest BCUT2D eigenvalue weighted by Crippen LogP contribution is -2.20. The van der Waals surface area contributed by atoms with Crippen molar-refractivity contribution >= 4 is 22.2 Å². The minimum atomic E-state index is -4.10. The van der Waals surface area contributed by atoms with E-state index in [1.807, 2.05) is 48.4 Å². The fourth-order valence-corrected chi connectivity index (χ4v) is 3.71. The van der Waals surface area contributed by atoms with Crippen molar-refractivity contribution in [3.05, 3.63) is 66.2 Å². The molecule has 170 valence electrons. The molecule has 1 atom stereocenters. The molecule has 1 unspecified atom stereocenters. The van der Waals surface area contributed by atoms with E-state index in [0.29, 0.717) is 25.8 Å². The number of allylic oxidation sites excluding steroid dienone is 1. The molecule has 2 rings (SSSR count). The Morgan fingerprint density at radius 3 is 2.35 bits per heavy atom. The Morgan fingerprint density at radius 2 is 1.71 bits per heavy atom. The number of hydrogen-bond acceptors (Lipinski definition) is 7. The molecule has 0 aromatic heterocycles. The number of aliphatic hydroxyl groups is 2. The van der Waals surface area contributed by atoms with Gasteiger partial charge in [0.05, 0.1) is 13.2 Å². The molecule has 0 bridgehead atoms. The summed E-state index contributed by atoms with van der Waals surface area (Å²) in [5.74, 6) is 0.306. The third-order valence-electron chi connectivity index (χ3n) is 4.72. The summed E-state index contributed by atoms with van der Waals surface area (Å²) in [6, 6.07) is 16.2. The van der Waals surface area contributed by atoms with Crippen LogP contribution in [0.2, 0.25) is 0 Å². The van der Waals surface area contributed by atoms with Crippen LogP contribution in [-0.4, -0.2) is 52.0 Å². The predicted octanol–water partition coefficient (Wildman–Crippen LogP) is 3.25. The molecule has 0 fully saturated rings. The van der Waals surface area contributed by atoms with E-state index in [-0.39, 0.29) is 31.5 Å². The lowest BCUT2D eigenvalue weighted by atomic mass is 9.98. The van der Waals surface area contributed by atoms with E-state index in [0.717, 1.165) is 11.3 Å². The molecular weight excluding hydrogens is 418 g/mol. The number of likely N-dealkylation sites (N-methyl/N-ethyl adjacent to an activating group) is 1. The van der Waals surface area contributed by atoms with Gasteiger partial charge < -0.3 is 19.3 Å². The van der Waals surface area contributed by atoms with Crippen LogP contribution in [0.1, 0.15) is 24.8 Å². The molecule has 0 aliphatic rings. The van der Waals surface area contributed by atoms with Crippen LogP contribution in [-0.2, 0) is 14.6 Å². The molecule has 31 heavy (non-hydrogen) atoms. The highest BCUT2D eigenvalue weighted by molar-refractivity contribution is 7.82. The van der Waals surface area contributed by atoms with Gasteiger partial charge in [-0.2, -0.15) is 8.42 Å². The smallest absolute Gasteiger partial charge is 0.396 e. The van der Waals surface area contributed by atoms with Crippen LogP contribution in [0.4, 0.5) is 5.69 Å². The van der Waals surface area contributed by atoms with Gasteiger partial charge in [0.2, 0.25) is 0 Å². The summed E-state index contributed by atoms with van der Waals surface area (Å²) < 4.78 is 33.6. The molecule has 2 aromatic rings. The summed E-state index contributed by atoms with van der Waals surface area (Å²) in [5, 5.41) is 18.4. The first-order valence-corrected chi connectivity index (χ1v) is 11.6. The molecule has 0 saturated carbocycles. The number of para-hydroxylation sites is 1. The fourth-order valence-electron chi connectivity index (χ4n) is 2.99. The molecular formula is C23H31NO6S. The van der Waals surface area contributed by atoms with Gasteiger partial charge in [0.25, 0.3) is 0 Å². The Hall–Kier alpha value is -2.39. The second-order valence-electron chi connectivity index (χ2n) is 7.14. The van der Waals surface area contributed by atoms with Crippen molar-refractivity contribution in [1.82, 2.24) is 0 Å². The van der Waals surface area contributed by atoms with Crippen LogP contribution in [0.15, 0.2) is 60.7 Å². The molecule has 0 amide bonds. The van der Waals surface area contributed by atoms with Crippen molar-refractivity contribution in [2.45, 2.75) is 19.3 Å². The lowest BCUT2D eigenvalue weighted by Gasteiger charge is -2.17. The van der Waals surface area contributed by atoms with Crippen LogP contribution in [0.25, 0.3) is 6.08 Å². The summed E-state index contributed by atoms with van der Waals surface area (Å²) in [7, 11) is -2.18. The van der Waals surface area contributed by atoms with Crippen LogP contribution >= 0.6 is 0 Å². The standard InChI is InChI=1S/C23H31NO6S/c1-24(16-18-26)22-13-11-21(12-14-22)10-9-20(15-17-25)6-5-19-29-31(27,28)30-23-7-3-2-4-8-23/h2-4,7-14,20,25-26H,5-6,15-19H2,1H3/b10-9+. The van der Waals surface area contributed by atoms with Gasteiger partial charge >= 0.3 is 10.4 Å². The summed E-state index contributed by atoms with van der Waals surface area (Å²) in [5.41, 5.74) is 2.05. The zero-order valence-corrected chi connectivity index (χ0v) is 18.6. The van der Waals surface area contributed by atoms with Gasteiger partial charge in [-0.3, -0.25) is 0 Å². The highest BCUT2D eigenvalue weighted by atomic mass is 32.3. The van der Waals surface area contributed by atoms with E-state index in [1.54, 1.807) is 30.3 Å². The van der Waals surface area contributed by atoms with Crippen molar-refractivity contribution in [2.75, 3.05) is 38.3 Å². The van der Waals surface area contributed by atoms with E-state index >= 15 is 0 Å². The molecule has 2 N–H and O–H groups in total.